The quantitative estimate of drug-likeness (QED) is 0.246. The molecule has 2 heterocycles. The van der Waals surface area contributed by atoms with Crippen LogP contribution in [-0.2, 0) is 19.2 Å². The summed E-state index contributed by atoms with van der Waals surface area (Å²) in [5.74, 6) is -3.63. The van der Waals surface area contributed by atoms with Gasteiger partial charge in [-0.3, -0.25) is 29.0 Å². The molecule has 6 rings (SSSR count). The molecule has 3 aliphatic rings. The monoisotopic (exact) mass is 594 g/mol. The number of aliphatic hydroxyl groups excluding tert-OH is 1. The molecular weight excluding hydrogens is 564 g/mol. The fourth-order valence-corrected chi connectivity index (χ4v) is 6.48. The number of aromatic hydroxyl groups is 1. The molecule has 0 radical (unpaired) electrons. The number of methoxy groups -OCH3 is 2. The Morgan fingerprint density at radius 2 is 1.41 bits per heavy atom. The van der Waals surface area contributed by atoms with Crippen molar-refractivity contribution < 1.29 is 38.9 Å². The van der Waals surface area contributed by atoms with Gasteiger partial charge in [0, 0.05) is 23.4 Å². The maximum atomic E-state index is 15.1. The number of nitrogens with zero attached hydrogens (tertiary/aromatic N) is 2. The second kappa shape index (κ2) is 10.1. The highest BCUT2D eigenvalue weighted by Crippen LogP contribution is 2.57. The molecule has 2 aliphatic heterocycles. The Hall–Kier alpha value is -5.38. The van der Waals surface area contributed by atoms with Gasteiger partial charge < -0.3 is 19.7 Å². The molecule has 44 heavy (non-hydrogen) atoms. The Labute approximate surface area is 253 Å². The number of ketones is 2. The Kier molecular flexibility index (Phi) is 6.60. The molecule has 0 saturated carbocycles. The second-order valence-corrected chi connectivity index (χ2v) is 11.7. The number of fused-ring (bicyclic) bond motifs is 1. The SMILES string of the molecule is COc1ccc(/C(O)=C2\C(=O)C(=O)N(c3ccccc3O)C23C(=O)N(c2ccc(OC)cc2)C2=C3C(=O)CC(C)(C)C2)cc1. The first-order chi connectivity index (χ1) is 21.0. The van der Waals surface area contributed by atoms with Crippen LogP contribution >= 0.6 is 0 Å². The molecule has 1 atom stereocenters. The van der Waals surface area contributed by atoms with Gasteiger partial charge >= 0.3 is 5.91 Å². The van der Waals surface area contributed by atoms with Crippen molar-refractivity contribution in [1.29, 1.82) is 0 Å². The number of carbonyl (C=O) groups is 4. The van der Waals surface area contributed by atoms with Gasteiger partial charge in [0.15, 0.2) is 11.3 Å². The highest BCUT2D eigenvalue weighted by atomic mass is 16.5. The Morgan fingerprint density at radius 1 is 0.818 bits per heavy atom. The lowest BCUT2D eigenvalue weighted by atomic mass is 9.70. The number of phenolic OH excluding ortho intramolecular Hbond substituents is 1. The molecule has 3 aromatic rings. The van der Waals surface area contributed by atoms with Crippen LogP contribution in [0.4, 0.5) is 11.4 Å². The largest absolute Gasteiger partial charge is 0.507 e. The van der Waals surface area contributed by atoms with Crippen molar-refractivity contribution in [1.82, 2.24) is 0 Å². The van der Waals surface area contributed by atoms with E-state index in [-0.39, 0.29) is 35.4 Å². The number of phenols is 1. The number of Topliss-reactive ketones (excluding diaryl/α,β-unsaturated/α-hetero) is 2. The summed E-state index contributed by atoms with van der Waals surface area (Å²) >= 11 is 0. The average Bonchev–Trinajstić information content (AvgIpc) is 3.38. The first kappa shape index (κ1) is 28.7. The lowest BCUT2D eigenvalue weighted by Gasteiger charge is -2.37. The van der Waals surface area contributed by atoms with Crippen molar-refractivity contribution in [2.24, 2.45) is 5.41 Å². The van der Waals surface area contributed by atoms with Gasteiger partial charge in [-0.25, -0.2) is 0 Å². The van der Waals surface area contributed by atoms with Crippen LogP contribution < -0.4 is 19.3 Å². The van der Waals surface area contributed by atoms with Crippen LogP contribution in [0.5, 0.6) is 17.2 Å². The van der Waals surface area contributed by atoms with Gasteiger partial charge in [0.25, 0.3) is 11.7 Å². The van der Waals surface area contributed by atoms with E-state index < -0.39 is 45.7 Å². The molecule has 1 saturated heterocycles. The summed E-state index contributed by atoms with van der Waals surface area (Å²) in [5.41, 5.74) is -2.96. The number of ether oxygens (including phenoxy) is 2. The van der Waals surface area contributed by atoms with Gasteiger partial charge in [-0.2, -0.15) is 0 Å². The van der Waals surface area contributed by atoms with Gasteiger partial charge in [0.05, 0.1) is 31.1 Å². The van der Waals surface area contributed by atoms with Gasteiger partial charge in [0.2, 0.25) is 0 Å². The summed E-state index contributed by atoms with van der Waals surface area (Å²) in [5, 5.41) is 22.8. The van der Waals surface area contributed by atoms with E-state index in [1.807, 2.05) is 13.8 Å². The number of amides is 2. The molecule has 10 nitrogen and oxygen atoms in total. The van der Waals surface area contributed by atoms with E-state index in [0.717, 1.165) is 4.90 Å². The number of aliphatic hydroxyl groups is 1. The molecule has 224 valence electrons. The van der Waals surface area contributed by atoms with E-state index in [4.69, 9.17) is 9.47 Å². The number of rotatable bonds is 5. The summed E-state index contributed by atoms with van der Waals surface area (Å²) in [4.78, 5) is 59.7. The number of hydrogen-bond donors (Lipinski definition) is 2. The average molecular weight is 595 g/mol. The molecule has 0 bridgehead atoms. The van der Waals surface area contributed by atoms with E-state index >= 15 is 4.79 Å². The summed E-state index contributed by atoms with van der Waals surface area (Å²) in [6, 6.07) is 18.4. The van der Waals surface area contributed by atoms with Crippen LogP contribution in [0.2, 0.25) is 0 Å². The molecule has 1 fully saturated rings. The highest BCUT2D eigenvalue weighted by molar-refractivity contribution is 6.56. The molecule has 3 aromatic carbocycles. The zero-order valence-electron chi connectivity index (χ0n) is 24.6. The highest BCUT2D eigenvalue weighted by Gasteiger charge is 2.71. The molecule has 1 unspecified atom stereocenters. The minimum Gasteiger partial charge on any atom is -0.507 e. The summed E-state index contributed by atoms with van der Waals surface area (Å²) in [6.07, 6.45) is 0.270. The number of para-hydroxylation sites is 2. The number of carbonyl (C=O) groups excluding carboxylic acids is 4. The fraction of sp³-hybridized carbons (Fsp3) is 0.235. The van der Waals surface area contributed by atoms with Gasteiger partial charge in [-0.15, -0.1) is 0 Å². The molecule has 1 aliphatic carbocycles. The van der Waals surface area contributed by atoms with Crippen molar-refractivity contribution >= 4 is 40.5 Å². The van der Waals surface area contributed by atoms with Crippen LogP contribution in [0.1, 0.15) is 32.3 Å². The van der Waals surface area contributed by atoms with Crippen LogP contribution in [-0.4, -0.2) is 53.4 Å². The minimum atomic E-state index is -2.40. The lowest BCUT2D eigenvalue weighted by Crippen LogP contribution is -2.56. The third kappa shape index (κ3) is 4.01. The van der Waals surface area contributed by atoms with E-state index in [0.29, 0.717) is 22.9 Å². The molecular formula is C34H30N2O8. The first-order valence-corrected chi connectivity index (χ1v) is 14.0. The smallest absolute Gasteiger partial charge is 0.300 e. The van der Waals surface area contributed by atoms with Gasteiger partial charge in [0.1, 0.15) is 23.0 Å². The van der Waals surface area contributed by atoms with Crippen LogP contribution in [0.25, 0.3) is 5.76 Å². The lowest BCUT2D eigenvalue weighted by molar-refractivity contribution is -0.132. The standard InChI is InChI=1S/C34H30N2O8/c1-33(2)17-24-27(26(38)18-33)34(32(42)35(24)20-11-15-22(44-4)16-12-20)28(29(39)19-9-13-21(43-3)14-10-19)30(40)31(41)36(34)23-7-5-6-8-25(23)37/h5-16,37,39H,17-18H2,1-4H3/b29-28-. The summed E-state index contributed by atoms with van der Waals surface area (Å²) in [6.45, 7) is 3.79. The zero-order chi connectivity index (χ0) is 31.6. The summed E-state index contributed by atoms with van der Waals surface area (Å²) < 4.78 is 10.5. The number of hydrogen-bond acceptors (Lipinski definition) is 8. The number of anilines is 2. The molecule has 2 amide bonds. The maximum absolute atomic E-state index is 15.1. The van der Waals surface area contributed by atoms with Crippen molar-refractivity contribution in [3.8, 4) is 17.2 Å². The number of benzene rings is 3. The topological polar surface area (TPSA) is 134 Å². The fourth-order valence-electron chi connectivity index (χ4n) is 6.48. The molecule has 2 N–H and O–H groups in total. The second-order valence-electron chi connectivity index (χ2n) is 11.7. The van der Waals surface area contributed by atoms with Crippen molar-refractivity contribution in [2.45, 2.75) is 32.2 Å². The molecule has 10 heteroatoms. The van der Waals surface area contributed by atoms with E-state index in [2.05, 4.69) is 0 Å². The van der Waals surface area contributed by atoms with Gasteiger partial charge in [-0.1, -0.05) is 26.0 Å². The molecule has 0 aromatic heterocycles. The van der Waals surface area contributed by atoms with E-state index in [9.17, 15) is 24.6 Å². The molecule has 1 spiro atoms. The van der Waals surface area contributed by atoms with Crippen LogP contribution in [0.15, 0.2) is 89.6 Å². The van der Waals surface area contributed by atoms with E-state index in [1.54, 1.807) is 36.4 Å². The van der Waals surface area contributed by atoms with Crippen molar-refractivity contribution in [3.63, 3.8) is 0 Å². The van der Waals surface area contributed by atoms with Crippen LogP contribution in [0.3, 0.4) is 0 Å². The van der Waals surface area contributed by atoms with E-state index in [1.165, 1.54) is 55.5 Å². The predicted octanol–water partition coefficient (Wildman–Crippen LogP) is 4.72. The predicted molar refractivity (Wildman–Crippen MR) is 161 cm³/mol. The maximum Gasteiger partial charge on any atom is 0.300 e. The number of allylic oxidation sites excluding steroid dienone is 1. The Bertz CT molecular complexity index is 1800. The van der Waals surface area contributed by atoms with Crippen LogP contribution in [0, 0.1) is 5.41 Å². The van der Waals surface area contributed by atoms with Crippen molar-refractivity contribution in [2.75, 3.05) is 24.0 Å². The van der Waals surface area contributed by atoms with Crippen molar-refractivity contribution in [3.05, 3.63) is 95.2 Å². The first-order valence-electron chi connectivity index (χ1n) is 14.0. The third-order valence-corrected chi connectivity index (χ3v) is 8.37. The normalized spacial score (nSPS) is 22.2. The third-order valence-electron chi connectivity index (χ3n) is 8.37. The van der Waals surface area contributed by atoms with Gasteiger partial charge in [-0.05, 0) is 72.5 Å². The Balaban J connectivity index is 1.73. The zero-order valence-corrected chi connectivity index (χ0v) is 24.6. The minimum absolute atomic E-state index is 0.0187. The Morgan fingerprint density at radius 3 is 2.00 bits per heavy atom. The summed E-state index contributed by atoms with van der Waals surface area (Å²) in [7, 11) is 2.98.